The third-order valence-corrected chi connectivity index (χ3v) is 3.58. The summed E-state index contributed by atoms with van der Waals surface area (Å²) in [5.74, 6) is 1.29. The first-order chi connectivity index (χ1) is 9.75. The second-order valence-corrected chi connectivity index (χ2v) is 5.32. The third-order valence-electron chi connectivity index (χ3n) is 3.58. The highest BCUT2D eigenvalue weighted by atomic mass is 16.1. The Morgan fingerprint density at radius 2 is 2.15 bits per heavy atom. The van der Waals surface area contributed by atoms with Crippen LogP contribution in [-0.2, 0) is 4.79 Å². The zero-order valence-electron chi connectivity index (χ0n) is 12.1. The molecule has 0 atom stereocenters. The monoisotopic (exact) mass is 276 g/mol. The Kier molecular flexibility index (Phi) is 5.80. The molecule has 5 nitrogen and oxygen atoms in total. The summed E-state index contributed by atoms with van der Waals surface area (Å²) in [6.07, 6.45) is 4.67. The number of amides is 1. The molecule has 1 aromatic heterocycles. The molecule has 5 heteroatoms. The Labute approximate surface area is 120 Å². The molecule has 0 unspecified atom stereocenters. The minimum atomic E-state index is 0.197. The number of aryl methyl sites for hydroxylation is 1. The fourth-order valence-electron chi connectivity index (χ4n) is 2.32. The van der Waals surface area contributed by atoms with Gasteiger partial charge >= 0.3 is 0 Å². The number of carbonyl (C=O) groups excluding carboxylic acids is 1. The minimum absolute atomic E-state index is 0.197. The van der Waals surface area contributed by atoms with Crippen LogP contribution in [0.3, 0.4) is 0 Å². The van der Waals surface area contributed by atoms with Crippen molar-refractivity contribution in [3.63, 3.8) is 0 Å². The standard InChI is InChI=1S/C15H24N4O/c1-12-3-4-14(19-11-12)17-7-2-8-18-15(20)13-5-9-16-10-6-13/h3-4,11,13,16H,2,5-10H2,1H3,(H,17,19)(H,18,20). The van der Waals surface area contributed by atoms with E-state index in [0.29, 0.717) is 0 Å². The molecule has 1 aliphatic rings. The van der Waals surface area contributed by atoms with Gasteiger partial charge in [-0.05, 0) is 50.9 Å². The first-order valence-electron chi connectivity index (χ1n) is 7.40. The van der Waals surface area contributed by atoms with Crippen LogP contribution in [0, 0.1) is 12.8 Å². The second kappa shape index (κ2) is 7.85. The van der Waals surface area contributed by atoms with Crippen molar-refractivity contribution in [2.24, 2.45) is 5.92 Å². The molecule has 0 saturated carbocycles. The molecule has 1 fully saturated rings. The maximum Gasteiger partial charge on any atom is 0.223 e. The van der Waals surface area contributed by atoms with Crippen LogP contribution >= 0.6 is 0 Å². The van der Waals surface area contributed by atoms with Gasteiger partial charge in [0.25, 0.3) is 0 Å². The largest absolute Gasteiger partial charge is 0.370 e. The van der Waals surface area contributed by atoms with Gasteiger partial charge in [-0.2, -0.15) is 0 Å². The average Bonchev–Trinajstić information content (AvgIpc) is 2.49. The Hall–Kier alpha value is -1.62. The van der Waals surface area contributed by atoms with Crippen LogP contribution in [0.5, 0.6) is 0 Å². The number of hydrogen-bond donors (Lipinski definition) is 3. The number of rotatable bonds is 6. The molecule has 0 radical (unpaired) electrons. The van der Waals surface area contributed by atoms with Gasteiger partial charge in [-0.1, -0.05) is 6.07 Å². The molecule has 1 saturated heterocycles. The van der Waals surface area contributed by atoms with Crippen LogP contribution in [0.4, 0.5) is 5.82 Å². The van der Waals surface area contributed by atoms with Crippen LogP contribution in [0.25, 0.3) is 0 Å². The van der Waals surface area contributed by atoms with Crippen LogP contribution in [0.2, 0.25) is 0 Å². The summed E-state index contributed by atoms with van der Waals surface area (Å²) >= 11 is 0. The summed E-state index contributed by atoms with van der Waals surface area (Å²) in [5.41, 5.74) is 1.16. The summed E-state index contributed by atoms with van der Waals surface area (Å²) in [5, 5.41) is 9.54. The summed E-state index contributed by atoms with van der Waals surface area (Å²) in [6.45, 7) is 5.48. The Morgan fingerprint density at radius 1 is 1.35 bits per heavy atom. The van der Waals surface area contributed by atoms with Crippen molar-refractivity contribution in [1.29, 1.82) is 0 Å². The van der Waals surface area contributed by atoms with E-state index in [9.17, 15) is 4.79 Å². The normalized spacial score (nSPS) is 15.8. The summed E-state index contributed by atoms with van der Waals surface area (Å²) in [4.78, 5) is 16.2. The smallest absolute Gasteiger partial charge is 0.223 e. The quantitative estimate of drug-likeness (QED) is 0.685. The fraction of sp³-hybridized carbons (Fsp3) is 0.600. The van der Waals surface area contributed by atoms with Crippen LogP contribution in [-0.4, -0.2) is 37.1 Å². The lowest BCUT2D eigenvalue weighted by Crippen LogP contribution is -2.38. The van der Waals surface area contributed by atoms with Crippen molar-refractivity contribution in [2.45, 2.75) is 26.2 Å². The first kappa shape index (κ1) is 14.8. The van der Waals surface area contributed by atoms with Gasteiger partial charge in [0, 0.05) is 25.2 Å². The molecule has 1 aliphatic heterocycles. The molecule has 0 bridgehead atoms. The number of aromatic nitrogens is 1. The number of piperidine rings is 1. The maximum absolute atomic E-state index is 11.9. The van der Waals surface area contributed by atoms with Crippen LogP contribution in [0.15, 0.2) is 18.3 Å². The Balaban J connectivity index is 1.57. The number of pyridine rings is 1. The number of carbonyl (C=O) groups is 1. The van der Waals surface area contributed by atoms with Gasteiger partial charge in [-0.25, -0.2) is 4.98 Å². The molecule has 2 heterocycles. The van der Waals surface area contributed by atoms with Gasteiger partial charge < -0.3 is 16.0 Å². The number of nitrogens with zero attached hydrogens (tertiary/aromatic N) is 1. The molecule has 1 aromatic rings. The SMILES string of the molecule is Cc1ccc(NCCCNC(=O)C2CCNCC2)nc1. The molecule has 0 spiro atoms. The predicted octanol–water partition coefficient (Wildman–Crippen LogP) is 1.31. The molecule has 3 N–H and O–H groups in total. The molecule has 0 aliphatic carbocycles. The lowest BCUT2D eigenvalue weighted by molar-refractivity contribution is -0.125. The fourth-order valence-corrected chi connectivity index (χ4v) is 2.32. The van der Waals surface area contributed by atoms with E-state index in [1.165, 1.54) is 0 Å². The maximum atomic E-state index is 11.9. The van der Waals surface area contributed by atoms with E-state index in [2.05, 4.69) is 20.9 Å². The van der Waals surface area contributed by atoms with Gasteiger partial charge in [0.05, 0.1) is 0 Å². The van der Waals surface area contributed by atoms with Crippen molar-refractivity contribution in [1.82, 2.24) is 15.6 Å². The third kappa shape index (κ3) is 4.81. The van der Waals surface area contributed by atoms with E-state index in [0.717, 1.165) is 56.8 Å². The Morgan fingerprint density at radius 3 is 2.85 bits per heavy atom. The van der Waals surface area contributed by atoms with E-state index >= 15 is 0 Å². The predicted molar refractivity (Wildman–Crippen MR) is 80.7 cm³/mol. The molecule has 2 rings (SSSR count). The average molecular weight is 276 g/mol. The molecule has 110 valence electrons. The first-order valence-corrected chi connectivity index (χ1v) is 7.40. The highest BCUT2D eigenvalue weighted by molar-refractivity contribution is 5.78. The van der Waals surface area contributed by atoms with Crippen LogP contribution < -0.4 is 16.0 Å². The van der Waals surface area contributed by atoms with E-state index < -0.39 is 0 Å². The second-order valence-electron chi connectivity index (χ2n) is 5.32. The highest BCUT2D eigenvalue weighted by Crippen LogP contribution is 2.11. The summed E-state index contributed by atoms with van der Waals surface area (Å²) < 4.78 is 0. The molecule has 20 heavy (non-hydrogen) atoms. The number of anilines is 1. The van der Waals surface area contributed by atoms with E-state index in [4.69, 9.17) is 0 Å². The number of nitrogens with one attached hydrogen (secondary N) is 3. The van der Waals surface area contributed by atoms with Gasteiger partial charge in [0.1, 0.15) is 5.82 Å². The summed E-state index contributed by atoms with van der Waals surface area (Å²) in [6, 6.07) is 4.01. The molecule has 0 aromatic carbocycles. The lowest BCUT2D eigenvalue weighted by Gasteiger charge is -2.21. The van der Waals surface area contributed by atoms with E-state index in [1.54, 1.807) is 0 Å². The van der Waals surface area contributed by atoms with E-state index in [1.807, 2.05) is 25.3 Å². The van der Waals surface area contributed by atoms with Gasteiger partial charge in [-0.15, -0.1) is 0 Å². The van der Waals surface area contributed by atoms with Gasteiger partial charge in [0.2, 0.25) is 5.91 Å². The van der Waals surface area contributed by atoms with Crippen molar-refractivity contribution in [3.8, 4) is 0 Å². The van der Waals surface area contributed by atoms with Crippen molar-refractivity contribution in [2.75, 3.05) is 31.5 Å². The highest BCUT2D eigenvalue weighted by Gasteiger charge is 2.19. The zero-order chi connectivity index (χ0) is 14.2. The Bertz CT molecular complexity index is 412. The summed E-state index contributed by atoms with van der Waals surface area (Å²) in [7, 11) is 0. The zero-order valence-corrected chi connectivity index (χ0v) is 12.1. The van der Waals surface area contributed by atoms with Crippen LogP contribution in [0.1, 0.15) is 24.8 Å². The van der Waals surface area contributed by atoms with Gasteiger partial charge in [-0.3, -0.25) is 4.79 Å². The van der Waals surface area contributed by atoms with E-state index in [-0.39, 0.29) is 11.8 Å². The molecular formula is C15H24N4O. The molecular weight excluding hydrogens is 252 g/mol. The van der Waals surface area contributed by atoms with Crippen molar-refractivity contribution >= 4 is 11.7 Å². The topological polar surface area (TPSA) is 66.0 Å². The molecule has 1 amide bonds. The van der Waals surface area contributed by atoms with Crippen molar-refractivity contribution < 1.29 is 4.79 Å². The minimum Gasteiger partial charge on any atom is -0.370 e. The van der Waals surface area contributed by atoms with Gasteiger partial charge in [0.15, 0.2) is 0 Å². The number of hydrogen-bond acceptors (Lipinski definition) is 4. The van der Waals surface area contributed by atoms with Crippen molar-refractivity contribution in [3.05, 3.63) is 23.9 Å². The lowest BCUT2D eigenvalue weighted by atomic mass is 9.97.